The van der Waals surface area contributed by atoms with E-state index in [-0.39, 0.29) is 12.3 Å². The Morgan fingerprint density at radius 1 is 1.30 bits per heavy atom. The molecule has 0 aliphatic rings. The minimum Gasteiger partial charge on any atom is -0.356 e. The second kappa shape index (κ2) is 5.42. The van der Waals surface area contributed by atoms with E-state index in [2.05, 4.69) is 31.4 Å². The van der Waals surface area contributed by atoms with E-state index >= 15 is 0 Å². The van der Waals surface area contributed by atoms with Crippen molar-refractivity contribution in [1.82, 2.24) is 10.1 Å². The molecule has 0 atom stereocenters. The van der Waals surface area contributed by atoms with E-state index in [1.54, 1.807) is 18.3 Å². The van der Waals surface area contributed by atoms with Gasteiger partial charge in [0.2, 0.25) is 5.91 Å². The number of para-hydroxylation sites is 1. The highest BCUT2D eigenvalue weighted by molar-refractivity contribution is 9.10. The van der Waals surface area contributed by atoms with E-state index in [0.29, 0.717) is 17.1 Å². The summed E-state index contributed by atoms with van der Waals surface area (Å²) in [7, 11) is 0. The molecule has 2 aromatic heterocycles. The molecule has 0 saturated heterocycles. The molecule has 0 radical (unpaired) electrons. The number of fused-ring (bicyclic) bond motifs is 1. The maximum absolute atomic E-state index is 12.0. The maximum Gasteiger partial charge on any atom is 0.231 e. The van der Waals surface area contributed by atoms with Crippen molar-refractivity contribution in [3.05, 3.63) is 52.8 Å². The molecule has 0 unspecified atom stereocenters. The van der Waals surface area contributed by atoms with Gasteiger partial charge < -0.3 is 9.84 Å². The number of carbonyl (C=O) groups excluding carboxylic acids is 1. The Morgan fingerprint density at radius 2 is 2.15 bits per heavy atom. The van der Waals surface area contributed by atoms with Crippen LogP contribution >= 0.6 is 15.9 Å². The van der Waals surface area contributed by atoms with Gasteiger partial charge in [0.05, 0.1) is 6.42 Å². The second-order valence-corrected chi connectivity index (χ2v) is 5.13. The summed E-state index contributed by atoms with van der Waals surface area (Å²) in [5, 5.41) is 7.50. The largest absolute Gasteiger partial charge is 0.356 e. The van der Waals surface area contributed by atoms with Crippen LogP contribution in [0.3, 0.4) is 0 Å². The number of anilines is 1. The van der Waals surface area contributed by atoms with Gasteiger partial charge in [0.15, 0.2) is 5.58 Å². The highest BCUT2D eigenvalue weighted by Gasteiger charge is 2.12. The molecule has 100 valence electrons. The molecule has 20 heavy (non-hydrogen) atoms. The van der Waals surface area contributed by atoms with Gasteiger partial charge in [-0.05, 0) is 24.3 Å². The molecule has 0 aliphatic heterocycles. The summed E-state index contributed by atoms with van der Waals surface area (Å²) < 4.78 is 6.02. The molecule has 0 saturated carbocycles. The number of hydrogen-bond acceptors (Lipinski definition) is 4. The molecular formula is C14H10BrN3O2. The normalized spacial score (nSPS) is 10.7. The van der Waals surface area contributed by atoms with Crippen molar-refractivity contribution in [3.8, 4) is 0 Å². The lowest BCUT2D eigenvalue weighted by Crippen LogP contribution is -2.15. The summed E-state index contributed by atoms with van der Waals surface area (Å²) in [4.78, 5) is 16.1. The number of carbonyl (C=O) groups is 1. The monoisotopic (exact) mass is 331 g/mol. The molecule has 0 spiro atoms. The van der Waals surface area contributed by atoms with E-state index in [1.165, 1.54) is 0 Å². The molecule has 6 heteroatoms. The number of rotatable bonds is 3. The summed E-state index contributed by atoms with van der Waals surface area (Å²) in [5.74, 6) is 0.312. The van der Waals surface area contributed by atoms with Crippen LogP contribution in [-0.4, -0.2) is 16.0 Å². The van der Waals surface area contributed by atoms with Crippen LogP contribution in [-0.2, 0) is 11.2 Å². The average molecular weight is 332 g/mol. The topological polar surface area (TPSA) is 68.0 Å². The first-order chi connectivity index (χ1) is 9.72. The Morgan fingerprint density at radius 3 is 3.00 bits per heavy atom. The van der Waals surface area contributed by atoms with E-state index in [1.807, 2.05) is 24.3 Å². The molecule has 2 heterocycles. The van der Waals surface area contributed by atoms with Crippen LogP contribution in [0.1, 0.15) is 5.69 Å². The minimum absolute atomic E-state index is 0.144. The van der Waals surface area contributed by atoms with Crippen molar-refractivity contribution in [2.45, 2.75) is 6.42 Å². The van der Waals surface area contributed by atoms with Gasteiger partial charge in [-0.1, -0.05) is 33.2 Å². The van der Waals surface area contributed by atoms with E-state index in [4.69, 9.17) is 4.52 Å². The fourth-order valence-electron chi connectivity index (χ4n) is 1.88. The van der Waals surface area contributed by atoms with Gasteiger partial charge in [0.25, 0.3) is 0 Å². The standard InChI is InChI=1S/C14H10BrN3O2/c15-9-5-6-16-13(7-9)17-14(19)8-11-10-3-1-2-4-12(10)20-18-11/h1-7H,8H2,(H,16,17,19). The second-order valence-electron chi connectivity index (χ2n) is 4.21. The Kier molecular flexibility index (Phi) is 3.47. The lowest BCUT2D eigenvalue weighted by atomic mass is 10.1. The third kappa shape index (κ3) is 2.70. The quantitative estimate of drug-likeness (QED) is 0.800. The van der Waals surface area contributed by atoms with Crippen molar-refractivity contribution >= 4 is 38.6 Å². The molecule has 1 amide bonds. The number of halogens is 1. The Bertz CT molecular complexity index is 770. The number of aromatic nitrogens is 2. The van der Waals surface area contributed by atoms with E-state index < -0.39 is 0 Å². The van der Waals surface area contributed by atoms with Crippen LogP contribution in [0.4, 0.5) is 5.82 Å². The van der Waals surface area contributed by atoms with Crippen molar-refractivity contribution in [3.63, 3.8) is 0 Å². The highest BCUT2D eigenvalue weighted by Crippen LogP contribution is 2.19. The molecule has 3 rings (SSSR count). The molecule has 0 aliphatic carbocycles. The fourth-order valence-corrected chi connectivity index (χ4v) is 2.21. The zero-order valence-electron chi connectivity index (χ0n) is 10.3. The van der Waals surface area contributed by atoms with E-state index in [9.17, 15) is 4.79 Å². The Labute approximate surface area is 123 Å². The zero-order valence-corrected chi connectivity index (χ0v) is 11.9. The Balaban J connectivity index is 1.76. The molecule has 0 bridgehead atoms. The predicted octanol–water partition coefficient (Wildman–Crippen LogP) is 3.17. The van der Waals surface area contributed by atoms with Gasteiger partial charge in [-0.15, -0.1) is 0 Å². The van der Waals surface area contributed by atoms with Gasteiger partial charge in [0.1, 0.15) is 11.5 Å². The molecule has 1 aromatic carbocycles. The van der Waals surface area contributed by atoms with Crippen molar-refractivity contribution in [2.24, 2.45) is 0 Å². The third-order valence-electron chi connectivity index (χ3n) is 2.77. The first kappa shape index (κ1) is 12.8. The summed E-state index contributed by atoms with van der Waals surface area (Å²) in [6, 6.07) is 11.0. The Hall–Kier alpha value is -2.21. The summed E-state index contributed by atoms with van der Waals surface area (Å²) in [6.45, 7) is 0. The highest BCUT2D eigenvalue weighted by atomic mass is 79.9. The minimum atomic E-state index is -0.186. The molecule has 5 nitrogen and oxygen atoms in total. The molecule has 3 aromatic rings. The van der Waals surface area contributed by atoms with Gasteiger partial charge >= 0.3 is 0 Å². The fraction of sp³-hybridized carbons (Fsp3) is 0.0714. The van der Waals surface area contributed by atoms with Crippen LogP contribution in [0.15, 0.2) is 51.6 Å². The zero-order chi connectivity index (χ0) is 13.9. The molecule has 1 N–H and O–H groups in total. The average Bonchev–Trinajstić information content (AvgIpc) is 2.82. The van der Waals surface area contributed by atoms with Gasteiger partial charge in [0, 0.05) is 16.1 Å². The number of amides is 1. The van der Waals surface area contributed by atoms with Crippen LogP contribution < -0.4 is 5.32 Å². The number of nitrogens with zero attached hydrogens (tertiary/aromatic N) is 2. The lowest BCUT2D eigenvalue weighted by Gasteiger charge is -2.03. The van der Waals surface area contributed by atoms with Crippen LogP contribution in [0.5, 0.6) is 0 Å². The summed E-state index contributed by atoms with van der Waals surface area (Å²) >= 11 is 3.33. The summed E-state index contributed by atoms with van der Waals surface area (Å²) in [6.07, 6.45) is 1.76. The van der Waals surface area contributed by atoms with Gasteiger partial charge in [-0.25, -0.2) is 4.98 Å². The van der Waals surface area contributed by atoms with Crippen LogP contribution in [0, 0.1) is 0 Å². The number of nitrogens with one attached hydrogen (secondary N) is 1. The lowest BCUT2D eigenvalue weighted by molar-refractivity contribution is -0.115. The van der Waals surface area contributed by atoms with Crippen LogP contribution in [0.2, 0.25) is 0 Å². The third-order valence-corrected chi connectivity index (χ3v) is 3.26. The predicted molar refractivity (Wildman–Crippen MR) is 78.3 cm³/mol. The van der Waals surface area contributed by atoms with Crippen molar-refractivity contribution in [1.29, 1.82) is 0 Å². The SMILES string of the molecule is O=C(Cc1noc2ccccc12)Nc1cc(Br)ccn1. The number of benzene rings is 1. The first-order valence-electron chi connectivity index (χ1n) is 5.97. The number of hydrogen-bond donors (Lipinski definition) is 1. The van der Waals surface area contributed by atoms with Gasteiger partial charge in [-0.2, -0.15) is 0 Å². The summed E-state index contributed by atoms with van der Waals surface area (Å²) in [5.41, 5.74) is 1.30. The van der Waals surface area contributed by atoms with E-state index in [0.717, 1.165) is 9.86 Å². The van der Waals surface area contributed by atoms with Crippen LogP contribution in [0.25, 0.3) is 11.0 Å². The maximum atomic E-state index is 12.0. The molecule has 0 fully saturated rings. The molecular weight excluding hydrogens is 322 g/mol. The van der Waals surface area contributed by atoms with Crippen molar-refractivity contribution in [2.75, 3.05) is 5.32 Å². The van der Waals surface area contributed by atoms with Crippen molar-refractivity contribution < 1.29 is 9.32 Å². The first-order valence-corrected chi connectivity index (χ1v) is 6.76. The number of pyridine rings is 1. The van der Waals surface area contributed by atoms with Gasteiger partial charge in [-0.3, -0.25) is 4.79 Å². The smallest absolute Gasteiger partial charge is 0.231 e.